The summed E-state index contributed by atoms with van der Waals surface area (Å²) >= 11 is 0. The van der Waals surface area contributed by atoms with E-state index in [4.69, 9.17) is 5.11 Å². The van der Waals surface area contributed by atoms with E-state index in [-0.39, 0.29) is 24.6 Å². The minimum absolute atomic E-state index is 0.0588. The summed E-state index contributed by atoms with van der Waals surface area (Å²) in [4.78, 5) is 13.9. The number of hydrogen-bond donors (Lipinski definition) is 2. The first kappa shape index (κ1) is 12.5. The lowest BCUT2D eigenvalue weighted by molar-refractivity contribution is -0.131. The van der Waals surface area contributed by atoms with Crippen molar-refractivity contribution < 1.29 is 9.90 Å². The summed E-state index contributed by atoms with van der Waals surface area (Å²) in [7, 11) is 0. The fourth-order valence-corrected chi connectivity index (χ4v) is 2.14. The van der Waals surface area contributed by atoms with E-state index in [1.165, 1.54) is 0 Å². The standard InChI is InChI=1S/C11H22N2O2/c1-8(2)6-13-7-9(3)12-11(15)10(13)4-5-14/h8-10,14H,4-7H2,1-3H3,(H,12,15). The zero-order valence-electron chi connectivity index (χ0n) is 9.86. The first-order valence-electron chi connectivity index (χ1n) is 5.70. The van der Waals surface area contributed by atoms with E-state index in [1.54, 1.807) is 0 Å². The maximum atomic E-state index is 11.7. The van der Waals surface area contributed by atoms with E-state index in [9.17, 15) is 4.79 Å². The molecule has 0 aromatic carbocycles. The Kier molecular flexibility index (Phi) is 4.54. The van der Waals surface area contributed by atoms with E-state index in [0.29, 0.717) is 12.3 Å². The van der Waals surface area contributed by atoms with Gasteiger partial charge in [-0.2, -0.15) is 0 Å². The molecular formula is C11H22N2O2. The van der Waals surface area contributed by atoms with Crippen LogP contribution in [0.5, 0.6) is 0 Å². The highest BCUT2D eigenvalue weighted by molar-refractivity contribution is 5.82. The average Bonchev–Trinajstić information content (AvgIpc) is 2.10. The molecule has 1 aliphatic rings. The molecule has 1 aliphatic heterocycles. The monoisotopic (exact) mass is 214 g/mol. The molecule has 1 heterocycles. The number of carbonyl (C=O) groups excluding carboxylic acids is 1. The van der Waals surface area contributed by atoms with Gasteiger partial charge in [-0.25, -0.2) is 0 Å². The third-order valence-corrected chi connectivity index (χ3v) is 2.64. The summed E-state index contributed by atoms with van der Waals surface area (Å²) in [5.74, 6) is 0.604. The number of hydrogen-bond acceptors (Lipinski definition) is 3. The number of rotatable bonds is 4. The second kappa shape index (κ2) is 5.47. The van der Waals surface area contributed by atoms with Crippen LogP contribution >= 0.6 is 0 Å². The third kappa shape index (κ3) is 3.47. The zero-order valence-corrected chi connectivity index (χ0v) is 9.86. The third-order valence-electron chi connectivity index (χ3n) is 2.64. The number of amides is 1. The minimum atomic E-state index is -0.145. The lowest BCUT2D eigenvalue weighted by Crippen LogP contribution is -2.59. The maximum Gasteiger partial charge on any atom is 0.237 e. The van der Waals surface area contributed by atoms with Crippen LogP contribution in [0, 0.1) is 5.92 Å². The van der Waals surface area contributed by atoms with Gasteiger partial charge in [-0.1, -0.05) is 13.8 Å². The molecule has 0 radical (unpaired) electrons. The van der Waals surface area contributed by atoms with Gasteiger partial charge in [0.2, 0.25) is 5.91 Å². The Morgan fingerprint density at radius 2 is 2.27 bits per heavy atom. The second-order valence-corrected chi connectivity index (χ2v) is 4.79. The predicted octanol–water partition coefficient (Wildman–Crippen LogP) is 0.214. The summed E-state index contributed by atoms with van der Waals surface area (Å²) in [6, 6.07) is 0.0693. The van der Waals surface area contributed by atoms with Gasteiger partial charge in [0.15, 0.2) is 0 Å². The molecule has 0 spiro atoms. The highest BCUT2D eigenvalue weighted by Crippen LogP contribution is 2.13. The van der Waals surface area contributed by atoms with Crippen molar-refractivity contribution in [2.75, 3.05) is 19.7 Å². The summed E-state index contributed by atoms with van der Waals surface area (Å²) in [5.41, 5.74) is 0. The van der Waals surface area contributed by atoms with Crippen LogP contribution in [0.25, 0.3) is 0 Å². The molecular weight excluding hydrogens is 192 g/mol. The van der Waals surface area contributed by atoms with Gasteiger partial charge in [0, 0.05) is 25.7 Å². The van der Waals surface area contributed by atoms with Crippen LogP contribution in [-0.2, 0) is 4.79 Å². The van der Waals surface area contributed by atoms with Gasteiger partial charge in [0.25, 0.3) is 0 Å². The Balaban J connectivity index is 2.64. The van der Waals surface area contributed by atoms with Gasteiger partial charge in [0.1, 0.15) is 0 Å². The maximum absolute atomic E-state index is 11.7. The number of carbonyl (C=O) groups is 1. The van der Waals surface area contributed by atoms with Crippen LogP contribution in [0.15, 0.2) is 0 Å². The van der Waals surface area contributed by atoms with Crippen LogP contribution in [-0.4, -0.2) is 47.7 Å². The van der Waals surface area contributed by atoms with Crippen LogP contribution in [0.1, 0.15) is 27.2 Å². The Labute approximate surface area is 91.6 Å². The largest absolute Gasteiger partial charge is 0.396 e. The summed E-state index contributed by atoms with van der Waals surface area (Å²) in [6.07, 6.45) is 0.533. The molecule has 0 saturated carbocycles. The van der Waals surface area contributed by atoms with E-state index in [1.807, 2.05) is 6.92 Å². The van der Waals surface area contributed by atoms with E-state index >= 15 is 0 Å². The molecule has 1 fully saturated rings. The van der Waals surface area contributed by atoms with Gasteiger partial charge >= 0.3 is 0 Å². The van der Waals surface area contributed by atoms with Crippen LogP contribution in [0.3, 0.4) is 0 Å². The highest BCUT2D eigenvalue weighted by Gasteiger charge is 2.32. The molecule has 2 atom stereocenters. The van der Waals surface area contributed by atoms with Crippen molar-refractivity contribution in [1.82, 2.24) is 10.2 Å². The lowest BCUT2D eigenvalue weighted by Gasteiger charge is -2.39. The van der Waals surface area contributed by atoms with Crippen LogP contribution < -0.4 is 5.32 Å². The molecule has 4 nitrogen and oxygen atoms in total. The van der Waals surface area contributed by atoms with E-state index in [2.05, 4.69) is 24.1 Å². The smallest absolute Gasteiger partial charge is 0.237 e. The van der Waals surface area contributed by atoms with E-state index < -0.39 is 0 Å². The Hall–Kier alpha value is -0.610. The Morgan fingerprint density at radius 1 is 1.60 bits per heavy atom. The highest BCUT2D eigenvalue weighted by atomic mass is 16.3. The molecule has 0 aromatic rings. The molecule has 0 aromatic heterocycles. The van der Waals surface area contributed by atoms with Crippen molar-refractivity contribution in [3.63, 3.8) is 0 Å². The molecule has 1 rings (SSSR count). The van der Waals surface area contributed by atoms with Crippen molar-refractivity contribution in [2.24, 2.45) is 5.92 Å². The van der Waals surface area contributed by atoms with Crippen molar-refractivity contribution in [1.29, 1.82) is 0 Å². The second-order valence-electron chi connectivity index (χ2n) is 4.79. The molecule has 0 aliphatic carbocycles. The van der Waals surface area contributed by atoms with Crippen molar-refractivity contribution in [3.05, 3.63) is 0 Å². The topological polar surface area (TPSA) is 52.6 Å². The number of aliphatic hydroxyl groups is 1. The number of nitrogens with one attached hydrogen (secondary N) is 1. The average molecular weight is 214 g/mol. The summed E-state index contributed by atoms with van der Waals surface area (Å²) < 4.78 is 0. The normalized spacial score (nSPS) is 28.2. The van der Waals surface area contributed by atoms with Gasteiger partial charge in [-0.05, 0) is 19.3 Å². The van der Waals surface area contributed by atoms with Gasteiger partial charge in [0.05, 0.1) is 6.04 Å². The SMILES string of the molecule is CC(C)CN1CC(C)NC(=O)C1CCO. The molecule has 2 N–H and O–H groups in total. The number of aliphatic hydroxyl groups excluding tert-OH is 1. The fraction of sp³-hybridized carbons (Fsp3) is 0.909. The number of piperazine rings is 1. The lowest BCUT2D eigenvalue weighted by atomic mass is 10.0. The fourth-order valence-electron chi connectivity index (χ4n) is 2.14. The summed E-state index contributed by atoms with van der Waals surface area (Å²) in [6.45, 7) is 8.18. The molecule has 88 valence electrons. The molecule has 0 bridgehead atoms. The molecule has 1 saturated heterocycles. The predicted molar refractivity (Wildman–Crippen MR) is 59.5 cm³/mol. The Bertz CT molecular complexity index is 217. The molecule has 4 heteroatoms. The first-order valence-corrected chi connectivity index (χ1v) is 5.70. The Morgan fingerprint density at radius 3 is 2.80 bits per heavy atom. The van der Waals surface area contributed by atoms with Gasteiger partial charge < -0.3 is 10.4 Å². The quantitative estimate of drug-likeness (QED) is 0.703. The number of nitrogens with zero attached hydrogens (tertiary/aromatic N) is 1. The molecule has 15 heavy (non-hydrogen) atoms. The van der Waals surface area contributed by atoms with Crippen LogP contribution in [0.2, 0.25) is 0 Å². The first-order chi connectivity index (χ1) is 7.04. The van der Waals surface area contributed by atoms with Crippen molar-refractivity contribution in [3.8, 4) is 0 Å². The molecule has 1 amide bonds. The zero-order chi connectivity index (χ0) is 11.4. The van der Waals surface area contributed by atoms with Gasteiger partial charge in [-0.3, -0.25) is 9.69 Å². The van der Waals surface area contributed by atoms with Crippen molar-refractivity contribution >= 4 is 5.91 Å². The van der Waals surface area contributed by atoms with Crippen LogP contribution in [0.4, 0.5) is 0 Å². The van der Waals surface area contributed by atoms with Crippen molar-refractivity contribution in [2.45, 2.75) is 39.3 Å². The summed E-state index contributed by atoms with van der Waals surface area (Å²) in [5, 5.41) is 11.9. The minimum Gasteiger partial charge on any atom is -0.396 e. The van der Waals surface area contributed by atoms with E-state index in [0.717, 1.165) is 13.1 Å². The van der Waals surface area contributed by atoms with Gasteiger partial charge in [-0.15, -0.1) is 0 Å². The molecule has 2 unspecified atom stereocenters.